The predicted molar refractivity (Wildman–Crippen MR) is 62.7 cm³/mol. The summed E-state index contributed by atoms with van der Waals surface area (Å²) in [6.07, 6.45) is 1.71. The number of rotatable bonds is 5. The maximum Gasteiger partial charge on any atom is 0.401 e. The first kappa shape index (κ1) is 14.8. The van der Waals surface area contributed by atoms with Crippen LogP contribution in [0.1, 0.15) is 45.4 Å². The molecule has 0 aromatic heterocycles. The summed E-state index contributed by atoms with van der Waals surface area (Å²) in [6, 6.07) is 0. The zero-order valence-electron chi connectivity index (χ0n) is 10.4. The van der Waals surface area contributed by atoms with Gasteiger partial charge in [0.05, 0.1) is 6.54 Å². The molecule has 0 aliphatic heterocycles. The highest BCUT2D eigenvalue weighted by atomic mass is 19.4. The minimum absolute atomic E-state index is 0.294. The first-order chi connectivity index (χ1) is 7.91. The second-order valence-corrected chi connectivity index (χ2v) is 5.19. The van der Waals surface area contributed by atoms with E-state index in [2.05, 4.69) is 12.2 Å². The maximum atomic E-state index is 12.2. The quantitative estimate of drug-likeness (QED) is 0.789. The fraction of sp³-hybridized carbons (Fsp3) is 1.00. The van der Waals surface area contributed by atoms with Crippen molar-refractivity contribution in [3.05, 3.63) is 0 Å². The molecule has 17 heavy (non-hydrogen) atoms. The molecule has 0 aromatic carbocycles. The highest BCUT2D eigenvalue weighted by Gasteiger charge is 2.37. The van der Waals surface area contributed by atoms with Gasteiger partial charge in [-0.1, -0.05) is 19.8 Å². The minimum Gasteiger partial charge on any atom is -0.329 e. The van der Waals surface area contributed by atoms with Crippen molar-refractivity contribution in [2.75, 3.05) is 13.1 Å². The Morgan fingerprint density at radius 3 is 2.29 bits per heavy atom. The molecule has 1 aliphatic rings. The van der Waals surface area contributed by atoms with Gasteiger partial charge in [-0.25, -0.2) is 0 Å². The molecule has 0 amide bonds. The Kier molecular flexibility index (Phi) is 5.25. The highest BCUT2D eigenvalue weighted by molar-refractivity contribution is 4.94. The molecule has 0 atom stereocenters. The fourth-order valence-corrected chi connectivity index (χ4v) is 2.67. The molecule has 0 saturated heterocycles. The highest BCUT2D eigenvalue weighted by Crippen LogP contribution is 2.34. The number of hydrogen-bond acceptors (Lipinski definition) is 2. The average Bonchev–Trinajstić information content (AvgIpc) is 2.28. The van der Waals surface area contributed by atoms with E-state index in [-0.39, 0.29) is 0 Å². The molecule has 5 heteroatoms. The molecule has 1 saturated carbocycles. The normalized spacial score (nSPS) is 30.5. The van der Waals surface area contributed by atoms with Crippen molar-refractivity contribution in [1.82, 2.24) is 5.32 Å². The minimum atomic E-state index is -4.15. The largest absolute Gasteiger partial charge is 0.401 e. The SMILES string of the molecule is CCCC1CCC(CN)(NCC(F)(F)F)CC1. The Morgan fingerprint density at radius 1 is 1.29 bits per heavy atom. The topological polar surface area (TPSA) is 38.0 Å². The lowest BCUT2D eigenvalue weighted by atomic mass is 9.75. The average molecular weight is 252 g/mol. The van der Waals surface area contributed by atoms with Crippen molar-refractivity contribution in [1.29, 1.82) is 0 Å². The van der Waals surface area contributed by atoms with E-state index < -0.39 is 18.3 Å². The van der Waals surface area contributed by atoms with Crippen LogP contribution in [-0.4, -0.2) is 24.8 Å². The van der Waals surface area contributed by atoms with Crippen LogP contribution in [0.15, 0.2) is 0 Å². The third-order valence-corrected chi connectivity index (χ3v) is 3.81. The fourth-order valence-electron chi connectivity index (χ4n) is 2.67. The second-order valence-electron chi connectivity index (χ2n) is 5.19. The van der Waals surface area contributed by atoms with E-state index in [1.807, 2.05) is 0 Å². The summed E-state index contributed by atoms with van der Waals surface area (Å²) < 4.78 is 36.6. The smallest absolute Gasteiger partial charge is 0.329 e. The predicted octanol–water partition coefficient (Wildman–Crippen LogP) is 2.83. The third kappa shape index (κ3) is 4.84. The Morgan fingerprint density at radius 2 is 1.88 bits per heavy atom. The summed E-state index contributed by atoms with van der Waals surface area (Å²) in [5, 5.41) is 2.64. The van der Waals surface area contributed by atoms with Gasteiger partial charge in [-0.15, -0.1) is 0 Å². The number of nitrogens with two attached hydrogens (primary N) is 1. The monoisotopic (exact) mass is 252 g/mol. The first-order valence-corrected chi connectivity index (χ1v) is 6.42. The van der Waals surface area contributed by atoms with Crippen LogP contribution in [0, 0.1) is 5.92 Å². The molecule has 1 rings (SSSR count). The van der Waals surface area contributed by atoms with Crippen LogP contribution < -0.4 is 11.1 Å². The molecule has 0 radical (unpaired) electrons. The Hall–Kier alpha value is -0.290. The first-order valence-electron chi connectivity index (χ1n) is 6.42. The maximum absolute atomic E-state index is 12.2. The number of hydrogen-bond donors (Lipinski definition) is 2. The lowest BCUT2D eigenvalue weighted by molar-refractivity contribution is -0.129. The summed E-state index contributed by atoms with van der Waals surface area (Å²) in [6.45, 7) is 1.51. The number of alkyl halides is 3. The summed E-state index contributed by atoms with van der Waals surface area (Å²) in [4.78, 5) is 0. The van der Waals surface area contributed by atoms with E-state index >= 15 is 0 Å². The Labute approximate surface area is 101 Å². The van der Waals surface area contributed by atoms with Gasteiger partial charge in [0, 0.05) is 12.1 Å². The molecule has 0 unspecified atom stereocenters. The van der Waals surface area contributed by atoms with Gasteiger partial charge in [0.25, 0.3) is 0 Å². The van der Waals surface area contributed by atoms with Gasteiger partial charge in [0.1, 0.15) is 0 Å². The van der Waals surface area contributed by atoms with Gasteiger partial charge < -0.3 is 11.1 Å². The van der Waals surface area contributed by atoms with Crippen LogP contribution in [-0.2, 0) is 0 Å². The zero-order chi connectivity index (χ0) is 12.9. The van der Waals surface area contributed by atoms with E-state index in [1.54, 1.807) is 0 Å². The molecule has 3 N–H and O–H groups in total. The lowest BCUT2D eigenvalue weighted by Crippen LogP contribution is -2.55. The third-order valence-electron chi connectivity index (χ3n) is 3.81. The van der Waals surface area contributed by atoms with Gasteiger partial charge >= 0.3 is 6.18 Å². The van der Waals surface area contributed by atoms with Gasteiger partial charge in [0.15, 0.2) is 0 Å². The van der Waals surface area contributed by atoms with Crippen LogP contribution in [0.5, 0.6) is 0 Å². The molecule has 0 spiro atoms. The van der Waals surface area contributed by atoms with Gasteiger partial charge in [-0.05, 0) is 31.6 Å². The molecule has 1 aliphatic carbocycles. The van der Waals surface area contributed by atoms with Crippen molar-refractivity contribution < 1.29 is 13.2 Å². The van der Waals surface area contributed by atoms with Gasteiger partial charge in [0.2, 0.25) is 0 Å². The molecule has 2 nitrogen and oxygen atoms in total. The Balaban J connectivity index is 2.43. The van der Waals surface area contributed by atoms with Crippen LogP contribution in [0.4, 0.5) is 13.2 Å². The van der Waals surface area contributed by atoms with Crippen LogP contribution >= 0.6 is 0 Å². The number of nitrogens with one attached hydrogen (secondary N) is 1. The summed E-state index contributed by atoms with van der Waals surface area (Å²) in [5.41, 5.74) is 5.17. The summed E-state index contributed by atoms with van der Waals surface area (Å²) >= 11 is 0. The molecule has 0 heterocycles. The second kappa shape index (κ2) is 6.05. The van der Waals surface area contributed by atoms with E-state index in [0.29, 0.717) is 12.5 Å². The summed E-state index contributed by atoms with van der Waals surface area (Å²) in [5.74, 6) is 0.673. The van der Waals surface area contributed by atoms with E-state index in [9.17, 15) is 13.2 Å². The summed E-state index contributed by atoms with van der Waals surface area (Å²) in [7, 11) is 0. The standard InChI is InChI=1S/C12H23F3N2/c1-2-3-10-4-6-11(8-16,7-5-10)17-9-12(13,14)15/h10,17H,2-9,16H2,1H3. The zero-order valence-corrected chi connectivity index (χ0v) is 10.4. The van der Waals surface area contributed by atoms with Crippen molar-refractivity contribution in [2.24, 2.45) is 11.7 Å². The molecule has 1 fully saturated rings. The Bertz CT molecular complexity index is 220. The number of halogens is 3. The van der Waals surface area contributed by atoms with E-state index in [0.717, 1.165) is 32.1 Å². The van der Waals surface area contributed by atoms with E-state index in [4.69, 9.17) is 5.73 Å². The lowest BCUT2D eigenvalue weighted by Gasteiger charge is -2.40. The van der Waals surface area contributed by atoms with Crippen LogP contribution in [0.2, 0.25) is 0 Å². The van der Waals surface area contributed by atoms with Gasteiger partial charge in [-0.2, -0.15) is 13.2 Å². The van der Waals surface area contributed by atoms with E-state index in [1.165, 1.54) is 6.42 Å². The molecule has 0 bridgehead atoms. The molecule has 0 aromatic rings. The van der Waals surface area contributed by atoms with Crippen molar-refractivity contribution >= 4 is 0 Å². The van der Waals surface area contributed by atoms with Gasteiger partial charge in [-0.3, -0.25) is 0 Å². The molecular formula is C12H23F3N2. The van der Waals surface area contributed by atoms with Crippen molar-refractivity contribution in [3.63, 3.8) is 0 Å². The van der Waals surface area contributed by atoms with Crippen LogP contribution in [0.3, 0.4) is 0 Å². The molecular weight excluding hydrogens is 229 g/mol. The van der Waals surface area contributed by atoms with Crippen LogP contribution in [0.25, 0.3) is 0 Å². The molecule has 102 valence electrons. The van der Waals surface area contributed by atoms with Crippen molar-refractivity contribution in [3.8, 4) is 0 Å². The van der Waals surface area contributed by atoms with Crippen molar-refractivity contribution in [2.45, 2.75) is 57.2 Å².